The van der Waals surface area contributed by atoms with Gasteiger partial charge in [-0.15, -0.1) is 0 Å². The van der Waals surface area contributed by atoms with Crippen LogP contribution in [0.3, 0.4) is 0 Å². The van der Waals surface area contributed by atoms with E-state index in [2.05, 4.69) is 5.32 Å². The molecule has 2 bridgehead atoms. The summed E-state index contributed by atoms with van der Waals surface area (Å²) < 4.78 is 24.7. The lowest BCUT2D eigenvalue weighted by Crippen LogP contribution is -2.40. The molecule has 0 aromatic rings. The number of nitrogens with one attached hydrogen (secondary N) is 1. The van der Waals surface area contributed by atoms with Gasteiger partial charge in [-0.05, 0) is 62.3 Å². The molecular formula is C16H30N2O2S. The smallest absolute Gasteiger partial charge is 0.211 e. The molecule has 0 aromatic carbocycles. The third kappa shape index (κ3) is 3.15. The van der Waals surface area contributed by atoms with E-state index in [-0.39, 0.29) is 0 Å². The van der Waals surface area contributed by atoms with Crippen LogP contribution in [0.4, 0.5) is 0 Å². The fourth-order valence-electron chi connectivity index (χ4n) is 5.40. The molecule has 0 aliphatic heterocycles. The summed E-state index contributed by atoms with van der Waals surface area (Å²) in [6, 6.07) is 0.711. The molecule has 0 spiro atoms. The fraction of sp³-hybridized carbons (Fsp3) is 1.00. The van der Waals surface area contributed by atoms with E-state index >= 15 is 0 Å². The van der Waals surface area contributed by atoms with Gasteiger partial charge in [0.2, 0.25) is 10.0 Å². The van der Waals surface area contributed by atoms with Crippen LogP contribution in [0.15, 0.2) is 0 Å². The van der Waals surface area contributed by atoms with Crippen molar-refractivity contribution in [2.24, 2.45) is 23.7 Å². The van der Waals surface area contributed by atoms with E-state index in [0.717, 1.165) is 36.6 Å². The van der Waals surface area contributed by atoms with Crippen LogP contribution < -0.4 is 5.32 Å². The van der Waals surface area contributed by atoms with Crippen LogP contribution in [0.25, 0.3) is 0 Å². The largest absolute Gasteiger partial charge is 0.314 e. The number of fused-ring (bicyclic) bond motifs is 5. The normalized spacial score (nSPS) is 38.3. The third-order valence-electron chi connectivity index (χ3n) is 6.24. The molecule has 0 saturated heterocycles. The van der Waals surface area contributed by atoms with Crippen LogP contribution in [0, 0.1) is 23.7 Å². The highest BCUT2D eigenvalue weighted by Crippen LogP contribution is 2.58. The number of nitrogens with zero attached hydrogens (tertiary/aromatic N) is 1. The van der Waals surface area contributed by atoms with Crippen molar-refractivity contribution in [2.75, 3.05) is 25.9 Å². The third-order valence-corrected chi connectivity index (χ3v) is 7.62. The second-order valence-corrected chi connectivity index (χ2v) is 9.31. The molecule has 122 valence electrons. The van der Waals surface area contributed by atoms with Gasteiger partial charge in [0, 0.05) is 19.1 Å². The highest BCUT2D eigenvalue weighted by Gasteiger charge is 2.53. The maximum absolute atomic E-state index is 11.5. The van der Waals surface area contributed by atoms with Gasteiger partial charge in [-0.3, -0.25) is 0 Å². The lowest BCUT2D eigenvalue weighted by Gasteiger charge is -2.32. The maximum Gasteiger partial charge on any atom is 0.211 e. The molecule has 1 N–H and O–H groups in total. The molecule has 3 rings (SSSR count). The van der Waals surface area contributed by atoms with Gasteiger partial charge in [0.05, 0.1) is 6.26 Å². The summed E-state index contributed by atoms with van der Waals surface area (Å²) in [7, 11) is -3.03. The molecule has 0 amide bonds. The Morgan fingerprint density at radius 2 is 1.90 bits per heavy atom. The minimum atomic E-state index is -3.03. The Morgan fingerprint density at radius 1 is 1.14 bits per heavy atom. The molecule has 0 radical (unpaired) electrons. The van der Waals surface area contributed by atoms with Crippen molar-refractivity contribution in [3.63, 3.8) is 0 Å². The Morgan fingerprint density at radius 3 is 2.62 bits per heavy atom. The van der Waals surface area contributed by atoms with Gasteiger partial charge >= 0.3 is 0 Å². The minimum absolute atomic E-state index is 0.580. The number of sulfonamides is 1. The summed E-state index contributed by atoms with van der Waals surface area (Å²) in [4.78, 5) is 0. The highest BCUT2D eigenvalue weighted by atomic mass is 32.2. The second-order valence-electron chi connectivity index (χ2n) is 7.32. The van der Waals surface area contributed by atoms with Gasteiger partial charge < -0.3 is 5.32 Å². The molecule has 3 aliphatic rings. The summed E-state index contributed by atoms with van der Waals surface area (Å²) >= 11 is 0. The lowest BCUT2D eigenvalue weighted by molar-refractivity contribution is 0.208. The predicted molar refractivity (Wildman–Crippen MR) is 85.5 cm³/mol. The van der Waals surface area contributed by atoms with Crippen LogP contribution in [0.1, 0.15) is 45.4 Å². The Balaban J connectivity index is 1.41. The first-order chi connectivity index (χ1) is 10.0. The molecule has 4 nitrogen and oxygen atoms in total. The highest BCUT2D eigenvalue weighted by molar-refractivity contribution is 7.88. The molecule has 21 heavy (non-hydrogen) atoms. The van der Waals surface area contributed by atoms with Crippen LogP contribution >= 0.6 is 0 Å². The van der Waals surface area contributed by atoms with Gasteiger partial charge in [-0.1, -0.05) is 13.3 Å². The second kappa shape index (κ2) is 6.17. The average molecular weight is 314 g/mol. The Labute approximate surface area is 129 Å². The summed E-state index contributed by atoms with van der Waals surface area (Å²) in [6.45, 7) is 4.09. The zero-order valence-electron chi connectivity index (χ0n) is 13.4. The van der Waals surface area contributed by atoms with Crippen LogP contribution in [-0.4, -0.2) is 44.7 Å². The van der Waals surface area contributed by atoms with Crippen molar-refractivity contribution in [1.29, 1.82) is 0 Å². The van der Waals surface area contributed by atoms with Crippen molar-refractivity contribution in [2.45, 2.75) is 51.5 Å². The van der Waals surface area contributed by atoms with Gasteiger partial charge in [0.1, 0.15) is 0 Å². The molecular weight excluding hydrogens is 284 g/mol. The first-order valence-electron chi connectivity index (χ1n) is 8.69. The van der Waals surface area contributed by atoms with E-state index in [1.165, 1.54) is 38.4 Å². The zero-order valence-corrected chi connectivity index (χ0v) is 14.2. The van der Waals surface area contributed by atoms with Crippen molar-refractivity contribution in [3.8, 4) is 0 Å². The molecule has 3 fully saturated rings. The molecule has 3 saturated carbocycles. The van der Waals surface area contributed by atoms with Crippen molar-refractivity contribution in [1.82, 2.24) is 9.62 Å². The summed E-state index contributed by atoms with van der Waals surface area (Å²) in [6.07, 6.45) is 9.45. The van der Waals surface area contributed by atoms with Gasteiger partial charge in [-0.25, -0.2) is 12.7 Å². The topological polar surface area (TPSA) is 49.4 Å². The number of rotatable bonds is 7. The fourth-order valence-corrected chi connectivity index (χ4v) is 6.33. The van der Waals surface area contributed by atoms with Crippen molar-refractivity contribution in [3.05, 3.63) is 0 Å². The van der Waals surface area contributed by atoms with Crippen molar-refractivity contribution < 1.29 is 8.42 Å². The Bertz CT molecular complexity index is 465. The maximum atomic E-state index is 11.5. The van der Waals surface area contributed by atoms with E-state index in [1.807, 2.05) is 6.92 Å². The minimum Gasteiger partial charge on any atom is -0.314 e. The molecule has 5 heteroatoms. The van der Waals surface area contributed by atoms with Crippen LogP contribution in [-0.2, 0) is 10.0 Å². The summed E-state index contributed by atoms with van der Waals surface area (Å²) in [5.41, 5.74) is 0. The molecule has 0 unspecified atom stereocenters. The molecule has 0 aromatic heterocycles. The lowest BCUT2D eigenvalue weighted by atomic mass is 9.79. The molecule has 0 heterocycles. The van der Waals surface area contributed by atoms with E-state index in [1.54, 1.807) is 4.31 Å². The molecule has 3 aliphatic carbocycles. The van der Waals surface area contributed by atoms with Crippen molar-refractivity contribution >= 4 is 10.0 Å². The Hall–Kier alpha value is -0.130. The molecule has 5 atom stereocenters. The first-order valence-corrected chi connectivity index (χ1v) is 10.5. The predicted octanol–water partition coefficient (Wildman–Crippen LogP) is 2.07. The number of hydrogen-bond acceptors (Lipinski definition) is 3. The number of hydrogen-bond donors (Lipinski definition) is 1. The average Bonchev–Trinajstić information content (AvgIpc) is 3.09. The van der Waals surface area contributed by atoms with Gasteiger partial charge in [-0.2, -0.15) is 0 Å². The van der Waals surface area contributed by atoms with Crippen LogP contribution in [0.2, 0.25) is 0 Å². The SMILES string of the molecule is CCN(CCCN[C@@H]1C[C@H]2C[C@H]1[C@@H]1CCC[C@H]21)S(C)(=O)=O. The van der Waals surface area contributed by atoms with Crippen LogP contribution in [0.5, 0.6) is 0 Å². The van der Waals surface area contributed by atoms with Gasteiger partial charge in [0.25, 0.3) is 0 Å². The first kappa shape index (κ1) is 15.8. The van der Waals surface area contributed by atoms with Gasteiger partial charge in [0.15, 0.2) is 0 Å². The van der Waals surface area contributed by atoms with E-state index in [4.69, 9.17) is 0 Å². The van der Waals surface area contributed by atoms with E-state index < -0.39 is 10.0 Å². The van der Waals surface area contributed by atoms with E-state index in [0.29, 0.717) is 19.1 Å². The summed E-state index contributed by atoms with van der Waals surface area (Å²) in [5, 5.41) is 3.74. The summed E-state index contributed by atoms with van der Waals surface area (Å²) in [5.74, 6) is 3.96. The zero-order chi connectivity index (χ0) is 15.0. The van der Waals surface area contributed by atoms with E-state index in [9.17, 15) is 8.42 Å². The monoisotopic (exact) mass is 314 g/mol. The Kier molecular flexibility index (Phi) is 4.63. The quantitative estimate of drug-likeness (QED) is 0.732. The standard InChI is InChI=1S/C16H30N2O2S/c1-3-18(21(2,19)20)9-5-8-17-16-11-12-10-15(16)14-7-4-6-13(12)14/h12-17H,3-11H2,1-2H3/t12-,13-,14-,15+,16-/m1/s1.